The molecule has 0 radical (unpaired) electrons. The van der Waals surface area contributed by atoms with Crippen LogP contribution >= 0.6 is 0 Å². The first-order valence-electron chi connectivity index (χ1n) is 5.77. The molecule has 0 aromatic rings. The van der Waals surface area contributed by atoms with E-state index in [1.165, 1.54) is 0 Å². The fourth-order valence-corrected chi connectivity index (χ4v) is 1.62. The molecular formula is C11H22N2O2. The number of rotatable bonds is 5. The van der Waals surface area contributed by atoms with Crippen LogP contribution in [-0.4, -0.2) is 35.2 Å². The van der Waals surface area contributed by atoms with E-state index in [1.807, 2.05) is 20.8 Å². The predicted octanol–water partition coefficient (Wildman–Crippen LogP) is 0.402. The van der Waals surface area contributed by atoms with Gasteiger partial charge in [0.1, 0.15) is 0 Å². The molecular weight excluding hydrogens is 192 g/mol. The Bertz CT molecular complexity index is 215. The van der Waals surface area contributed by atoms with E-state index in [0.717, 1.165) is 19.3 Å². The summed E-state index contributed by atoms with van der Waals surface area (Å²) in [5, 5.41) is 15.2. The summed E-state index contributed by atoms with van der Waals surface area (Å²) in [7, 11) is 0. The van der Waals surface area contributed by atoms with Crippen LogP contribution in [0.1, 0.15) is 40.0 Å². The monoisotopic (exact) mass is 214 g/mol. The lowest BCUT2D eigenvalue weighted by atomic mass is 9.89. The van der Waals surface area contributed by atoms with E-state index >= 15 is 0 Å². The second-order valence-corrected chi connectivity index (χ2v) is 4.53. The van der Waals surface area contributed by atoms with Gasteiger partial charge in [-0.15, -0.1) is 0 Å². The molecule has 4 heteroatoms. The number of hydrogen-bond acceptors (Lipinski definition) is 3. The third-order valence-electron chi connectivity index (χ3n) is 2.99. The summed E-state index contributed by atoms with van der Waals surface area (Å²) >= 11 is 0. The second kappa shape index (κ2) is 5.47. The Labute approximate surface area is 91.4 Å². The maximum atomic E-state index is 11.6. The lowest BCUT2D eigenvalue weighted by molar-refractivity contribution is -0.124. The molecule has 1 amide bonds. The van der Waals surface area contributed by atoms with E-state index < -0.39 is 0 Å². The van der Waals surface area contributed by atoms with Gasteiger partial charge in [-0.2, -0.15) is 0 Å². The summed E-state index contributed by atoms with van der Waals surface area (Å²) in [5.41, 5.74) is 0. The van der Waals surface area contributed by atoms with Crippen molar-refractivity contribution in [3.63, 3.8) is 0 Å². The van der Waals surface area contributed by atoms with Crippen LogP contribution in [0.5, 0.6) is 0 Å². The van der Waals surface area contributed by atoms with Crippen LogP contribution in [0.2, 0.25) is 0 Å². The molecule has 0 saturated heterocycles. The Morgan fingerprint density at radius 2 is 2.07 bits per heavy atom. The van der Waals surface area contributed by atoms with E-state index in [2.05, 4.69) is 10.6 Å². The lowest BCUT2D eigenvalue weighted by Gasteiger charge is -2.34. The van der Waals surface area contributed by atoms with Crippen LogP contribution in [0.4, 0.5) is 0 Å². The third-order valence-corrected chi connectivity index (χ3v) is 2.99. The first kappa shape index (κ1) is 12.5. The van der Waals surface area contributed by atoms with Crippen LogP contribution in [0.15, 0.2) is 0 Å². The van der Waals surface area contributed by atoms with Gasteiger partial charge in [-0.1, -0.05) is 6.92 Å². The van der Waals surface area contributed by atoms with Crippen molar-refractivity contribution in [2.45, 2.75) is 64.3 Å². The molecule has 1 saturated carbocycles. The first-order valence-corrected chi connectivity index (χ1v) is 5.77. The number of carbonyl (C=O) groups is 1. The van der Waals surface area contributed by atoms with Gasteiger partial charge in [0.2, 0.25) is 5.91 Å². The predicted molar refractivity (Wildman–Crippen MR) is 59.5 cm³/mol. The molecule has 1 aliphatic rings. The van der Waals surface area contributed by atoms with Gasteiger partial charge in [0.15, 0.2) is 0 Å². The molecule has 4 nitrogen and oxygen atoms in total. The minimum Gasteiger partial charge on any atom is -0.393 e. The topological polar surface area (TPSA) is 61.4 Å². The van der Waals surface area contributed by atoms with Gasteiger partial charge in [-0.3, -0.25) is 4.79 Å². The molecule has 1 fully saturated rings. The number of amides is 1. The Kier molecular flexibility index (Phi) is 4.54. The molecule has 0 heterocycles. The minimum atomic E-state index is -0.174. The summed E-state index contributed by atoms with van der Waals surface area (Å²) < 4.78 is 0. The molecule has 2 unspecified atom stereocenters. The number of carbonyl (C=O) groups excluding carboxylic acids is 1. The smallest absolute Gasteiger partial charge is 0.237 e. The highest BCUT2D eigenvalue weighted by atomic mass is 16.3. The van der Waals surface area contributed by atoms with E-state index in [9.17, 15) is 4.79 Å². The third kappa shape index (κ3) is 3.80. The number of hydrogen-bond donors (Lipinski definition) is 3. The maximum absolute atomic E-state index is 11.6. The van der Waals surface area contributed by atoms with Crippen molar-refractivity contribution in [3.05, 3.63) is 0 Å². The molecule has 2 atom stereocenters. The van der Waals surface area contributed by atoms with Crippen LogP contribution in [-0.2, 0) is 4.79 Å². The van der Waals surface area contributed by atoms with Crippen molar-refractivity contribution in [1.29, 1.82) is 0 Å². The highest BCUT2D eigenvalue weighted by Gasteiger charge is 2.29. The Morgan fingerprint density at radius 1 is 1.47 bits per heavy atom. The highest BCUT2D eigenvalue weighted by Crippen LogP contribution is 2.19. The van der Waals surface area contributed by atoms with E-state index in [0.29, 0.717) is 6.04 Å². The molecule has 1 rings (SSSR count). The van der Waals surface area contributed by atoms with Crippen molar-refractivity contribution in [1.82, 2.24) is 10.6 Å². The van der Waals surface area contributed by atoms with Gasteiger partial charge in [0, 0.05) is 12.1 Å². The van der Waals surface area contributed by atoms with Gasteiger partial charge < -0.3 is 15.7 Å². The van der Waals surface area contributed by atoms with Crippen LogP contribution in [0, 0.1) is 0 Å². The molecule has 0 spiro atoms. The number of nitrogens with one attached hydrogen (secondary N) is 2. The molecule has 0 aromatic carbocycles. The van der Waals surface area contributed by atoms with Crippen molar-refractivity contribution in [2.75, 3.05) is 0 Å². The molecule has 3 N–H and O–H groups in total. The van der Waals surface area contributed by atoms with Gasteiger partial charge in [-0.25, -0.2) is 0 Å². The summed E-state index contributed by atoms with van der Waals surface area (Å²) in [6.45, 7) is 5.91. The largest absolute Gasteiger partial charge is 0.393 e. The van der Waals surface area contributed by atoms with Gasteiger partial charge in [0.05, 0.1) is 12.1 Å². The first-order chi connectivity index (χ1) is 7.02. The molecule has 1 aliphatic carbocycles. The maximum Gasteiger partial charge on any atom is 0.237 e. The summed E-state index contributed by atoms with van der Waals surface area (Å²) in [6, 6.07) is 0.364. The van der Waals surface area contributed by atoms with Gasteiger partial charge in [-0.05, 0) is 33.1 Å². The zero-order valence-corrected chi connectivity index (χ0v) is 9.79. The van der Waals surface area contributed by atoms with E-state index in [1.54, 1.807) is 0 Å². The second-order valence-electron chi connectivity index (χ2n) is 4.53. The zero-order valence-electron chi connectivity index (χ0n) is 9.79. The van der Waals surface area contributed by atoms with Crippen molar-refractivity contribution in [2.24, 2.45) is 0 Å². The summed E-state index contributed by atoms with van der Waals surface area (Å²) in [5.74, 6) is 0.0470. The molecule has 88 valence electrons. The lowest BCUT2D eigenvalue weighted by Crippen LogP contribution is -2.53. The molecule has 0 bridgehead atoms. The van der Waals surface area contributed by atoms with Crippen molar-refractivity contribution >= 4 is 5.91 Å². The van der Waals surface area contributed by atoms with Crippen LogP contribution < -0.4 is 10.6 Å². The van der Waals surface area contributed by atoms with Crippen LogP contribution in [0.25, 0.3) is 0 Å². The standard InChI is InChI=1S/C11H22N2O2/c1-4-7(2)12-11(15)8(3)13-9-5-10(14)6-9/h7-10,13-14H,4-6H2,1-3H3,(H,12,15). The van der Waals surface area contributed by atoms with E-state index in [-0.39, 0.29) is 24.1 Å². The Balaban J connectivity index is 2.21. The zero-order chi connectivity index (χ0) is 11.4. The molecule has 15 heavy (non-hydrogen) atoms. The van der Waals surface area contributed by atoms with E-state index in [4.69, 9.17) is 5.11 Å². The average Bonchev–Trinajstić information content (AvgIpc) is 2.15. The van der Waals surface area contributed by atoms with Gasteiger partial charge in [0.25, 0.3) is 0 Å². The fraction of sp³-hybridized carbons (Fsp3) is 0.909. The quantitative estimate of drug-likeness (QED) is 0.621. The van der Waals surface area contributed by atoms with Gasteiger partial charge >= 0.3 is 0 Å². The Hall–Kier alpha value is -0.610. The highest BCUT2D eigenvalue weighted by molar-refractivity contribution is 5.81. The number of aliphatic hydroxyl groups is 1. The average molecular weight is 214 g/mol. The minimum absolute atomic E-state index is 0.0470. The number of aliphatic hydroxyl groups excluding tert-OH is 1. The fourth-order valence-electron chi connectivity index (χ4n) is 1.62. The summed E-state index contributed by atoms with van der Waals surface area (Å²) in [6.07, 6.45) is 2.30. The molecule has 0 aromatic heterocycles. The Morgan fingerprint density at radius 3 is 2.53 bits per heavy atom. The normalized spacial score (nSPS) is 29.1. The SMILES string of the molecule is CCC(C)NC(=O)C(C)NC1CC(O)C1. The summed E-state index contributed by atoms with van der Waals surface area (Å²) in [4.78, 5) is 11.6. The van der Waals surface area contributed by atoms with Crippen molar-refractivity contribution in [3.8, 4) is 0 Å². The van der Waals surface area contributed by atoms with Crippen LogP contribution in [0.3, 0.4) is 0 Å². The van der Waals surface area contributed by atoms with Crippen molar-refractivity contribution < 1.29 is 9.90 Å². The molecule has 0 aliphatic heterocycles.